The first-order valence-electron chi connectivity index (χ1n) is 5.18. The minimum atomic E-state index is 0.757. The molecule has 2 rings (SSSR count). The van der Waals surface area contributed by atoms with E-state index >= 15 is 0 Å². The maximum atomic E-state index is 5.54. The predicted octanol–water partition coefficient (Wildman–Crippen LogP) is 3.49. The summed E-state index contributed by atoms with van der Waals surface area (Å²) in [6.45, 7) is 0.757. The number of benzene rings is 2. The van der Waals surface area contributed by atoms with Crippen LogP contribution in [0.3, 0.4) is 0 Å². The standard InChI is InChI=1S/C13H14BrN/c14-12-6-7-13-10(5-2-8-15)3-1-4-11(13)9-12/h1,3-4,6-7,9H,2,5,8,15H2. The summed E-state index contributed by atoms with van der Waals surface area (Å²) in [6, 6.07) is 12.9. The molecule has 0 aliphatic carbocycles. The average molecular weight is 264 g/mol. The highest BCUT2D eigenvalue weighted by atomic mass is 79.9. The summed E-state index contributed by atoms with van der Waals surface area (Å²) in [5.41, 5.74) is 6.93. The zero-order chi connectivity index (χ0) is 10.7. The van der Waals surface area contributed by atoms with Gasteiger partial charge in [-0.25, -0.2) is 0 Å². The van der Waals surface area contributed by atoms with Crippen LogP contribution in [-0.4, -0.2) is 6.54 Å². The number of halogens is 1. The van der Waals surface area contributed by atoms with Crippen LogP contribution in [0.4, 0.5) is 0 Å². The second-order valence-corrected chi connectivity index (χ2v) is 4.59. The normalized spacial score (nSPS) is 10.8. The molecular weight excluding hydrogens is 250 g/mol. The van der Waals surface area contributed by atoms with Crippen molar-refractivity contribution < 1.29 is 0 Å². The molecule has 2 aromatic rings. The van der Waals surface area contributed by atoms with E-state index in [4.69, 9.17) is 5.73 Å². The summed E-state index contributed by atoms with van der Waals surface area (Å²) in [7, 11) is 0. The summed E-state index contributed by atoms with van der Waals surface area (Å²) < 4.78 is 1.13. The fourth-order valence-corrected chi connectivity index (χ4v) is 2.21. The van der Waals surface area contributed by atoms with E-state index in [9.17, 15) is 0 Å². The first-order chi connectivity index (χ1) is 7.31. The molecule has 1 nitrogen and oxygen atoms in total. The number of nitrogens with two attached hydrogens (primary N) is 1. The maximum Gasteiger partial charge on any atom is 0.0181 e. The van der Waals surface area contributed by atoms with Crippen LogP contribution in [-0.2, 0) is 6.42 Å². The van der Waals surface area contributed by atoms with E-state index in [0.29, 0.717) is 0 Å². The molecule has 0 unspecified atom stereocenters. The van der Waals surface area contributed by atoms with Crippen molar-refractivity contribution >= 4 is 26.7 Å². The average Bonchev–Trinajstić information content (AvgIpc) is 2.25. The third-order valence-electron chi connectivity index (χ3n) is 2.58. The van der Waals surface area contributed by atoms with E-state index in [-0.39, 0.29) is 0 Å². The van der Waals surface area contributed by atoms with Crippen molar-refractivity contribution in [2.24, 2.45) is 5.73 Å². The minimum Gasteiger partial charge on any atom is -0.330 e. The molecule has 0 amide bonds. The number of aryl methyl sites for hydroxylation is 1. The Morgan fingerprint density at radius 2 is 2.00 bits per heavy atom. The lowest BCUT2D eigenvalue weighted by Gasteiger charge is -2.06. The lowest BCUT2D eigenvalue weighted by Crippen LogP contribution is -2.00. The van der Waals surface area contributed by atoms with Gasteiger partial charge in [-0.05, 0) is 47.9 Å². The van der Waals surface area contributed by atoms with Gasteiger partial charge in [0, 0.05) is 4.47 Å². The smallest absolute Gasteiger partial charge is 0.0181 e. The van der Waals surface area contributed by atoms with Crippen LogP contribution in [0.1, 0.15) is 12.0 Å². The fourth-order valence-electron chi connectivity index (χ4n) is 1.83. The van der Waals surface area contributed by atoms with Crippen LogP contribution < -0.4 is 5.73 Å². The molecule has 0 radical (unpaired) electrons. The van der Waals surface area contributed by atoms with Gasteiger partial charge in [0.1, 0.15) is 0 Å². The molecule has 15 heavy (non-hydrogen) atoms. The van der Waals surface area contributed by atoms with Crippen molar-refractivity contribution in [2.45, 2.75) is 12.8 Å². The number of hydrogen-bond acceptors (Lipinski definition) is 1. The number of fused-ring (bicyclic) bond motifs is 1. The molecule has 0 spiro atoms. The van der Waals surface area contributed by atoms with Gasteiger partial charge in [-0.3, -0.25) is 0 Å². The lowest BCUT2D eigenvalue weighted by molar-refractivity contribution is 0.837. The molecular formula is C13H14BrN. The van der Waals surface area contributed by atoms with Crippen molar-refractivity contribution in [1.82, 2.24) is 0 Å². The molecule has 0 aromatic heterocycles. The third-order valence-corrected chi connectivity index (χ3v) is 3.08. The summed E-state index contributed by atoms with van der Waals surface area (Å²) >= 11 is 3.49. The molecule has 0 aliphatic rings. The Morgan fingerprint density at radius 3 is 2.80 bits per heavy atom. The molecule has 2 aromatic carbocycles. The van der Waals surface area contributed by atoms with Gasteiger partial charge in [0.2, 0.25) is 0 Å². The van der Waals surface area contributed by atoms with Gasteiger partial charge < -0.3 is 5.73 Å². The first-order valence-corrected chi connectivity index (χ1v) is 5.98. The van der Waals surface area contributed by atoms with Crippen LogP contribution in [0.25, 0.3) is 10.8 Å². The van der Waals surface area contributed by atoms with Crippen molar-refractivity contribution in [3.05, 3.63) is 46.4 Å². The van der Waals surface area contributed by atoms with Crippen molar-refractivity contribution in [1.29, 1.82) is 0 Å². The monoisotopic (exact) mass is 263 g/mol. The zero-order valence-electron chi connectivity index (χ0n) is 8.54. The first kappa shape index (κ1) is 10.7. The zero-order valence-corrected chi connectivity index (χ0v) is 10.1. The largest absolute Gasteiger partial charge is 0.330 e. The van der Waals surface area contributed by atoms with Gasteiger partial charge in [0.15, 0.2) is 0 Å². The second-order valence-electron chi connectivity index (χ2n) is 3.67. The van der Waals surface area contributed by atoms with Gasteiger partial charge in [0.05, 0.1) is 0 Å². The Bertz CT molecular complexity index is 465. The van der Waals surface area contributed by atoms with E-state index in [1.54, 1.807) is 0 Å². The summed E-state index contributed by atoms with van der Waals surface area (Å²) in [5, 5.41) is 2.63. The SMILES string of the molecule is NCCCc1cccc2cc(Br)ccc12. The number of rotatable bonds is 3. The predicted molar refractivity (Wildman–Crippen MR) is 69.0 cm³/mol. The molecule has 0 saturated heterocycles. The van der Waals surface area contributed by atoms with Gasteiger partial charge >= 0.3 is 0 Å². The van der Waals surface area contributed by atoms with Gasteiger partial charge in [-0.1, -0.05) is 40.2 Å². The topological polar surface area (TPSA) is 26.0 Å². The molecule has 2 N–H and O–H groups in total. The molecule has 0 aliphatic heterocycles. The van der Waals surface area contributed by atoms with E-state index in [2.05, 4.69) is 52.3 Å². The quantitative estimate of drug-likeness (QED) is 0.902. The second kappa shape index (κ2) is 4.77. The van der Waals surface area contributed by atoms with E-state index in [1.165, 1.54) is 16.3 Å². The van der Waals surface area contributed by atoms with Crippen LogP contribution >= 0.6 is 15.9 Å². The van der Waals surface area contributed by atoms with Crippen LogP contribution in [0.15, 0.2) is 40.9 Å². The van der Waals surface area contributed by atoms with Crippen LogP contribution in [0.5, 0.6) is 0 Å². The van der Waals surface area contributed by atoms with Gasteiger partial charge in [-0.15, -0.1) is 0 Å². The lowest BCUT2D eigenvalue weighted by atomic mass is 10.0. The molecule has 78 valence electrons. The maximum absolute atomic E-state index is 5.54. The molecule has 0 heterocycles. The van der Waals surface area contributed by atoms with Crippen molar-refractivity contribution in [3.8, 4) is 0 Å². The van der Waals surface area contributed by atoms with Crippen LogP contribution in [0.2, 0.25) is 0 Å². The molecule has 2 heteroatoms. The van der Waals surface area contributed by atoms with Gasteiger partial charge in [0.25, 0.3) is 0 Å². The Kier molecular flexibility index (Phi) is 3.39. The summed E-state index contributed by atoms with van der Waals surface area (Å²) in [4.78, 5) is 0. The van der Waals surface area contributed by atoms with E-state index < -0.39 is 0 Å². The summed E-state index contributed by atoms with van der Waals surface area (Å²) in [6.07, 6.45) is 2.12. The van der Waals surface area contributed by atoms with Gasteiger partial charge in [-0.2, -0.15) is 0 Å². The number of hydrogen-bond donors (Lipinski definition) is 1. The molecule has 0 atom stereocenters. The van der Waals surface area contributed by atoms with Crippen molar-refractivity contribution in [3.63, 3.8) is 0 Å². The molecule has 0 fully saturated rings. The molecule has 0 saturated carbocycles. The Balaban J connectivity index is 2.46. The third kappa shape index (κ3) is 2.39. The molecule has 0 bridgehead atoms. The highest BCUT2D eigenvalue weighted by Crippen LogP contribution is 2.23. The van der Waals surface area contributed by atoms with E-state index in [0.717, 1.165) is 23.9 Å². The highest BCUT2D eigenvalue weighted by molar-refractivity contribution is 9.10. The van der Waals surface area contributed by atoms with E-state index in [1.807, 2.05) is 0 Å². The highest BCUT2D eigenvalue weighted by Gasteiger charge is 2.00. The Morgan fingerprint density at radius 1 is 1.13 bits per heavy atom. The Hall–Kier alpha value is -0.860. The van der Waals surface area contributed by atoms with Crippen LogP contribution in [0, 0.1) is 0 Å². The van der Waals surface area contributed by atoms with Crippen molar-refractivity contribution in [2.75, 3.05) is 6.54 Å². The Labute approximate surface area is 98.4 Å². The fraction of sp³-hybridized carbons (Fsp3) is 0.231. The summed E-state index contributed by atoms with van der Waals surface area (Å²) in [5.74, 6) is 0. The minimum absolute atomic E-state index is 0.757.